The molecule has 31 heavy (non-hydrogen) atoms. The number of carbonyl (C=O) groups excluding carboxylic acids is 4. The molecule has 0 saturated heterocycles. The molecule has 4 amide bonds. The van der Waals surface area contributed by atoms with Crippen molar-refractivity contribution >= 4 is 35.6 Å². The molecular formula is C16H27N5O10. The van der Waals surface area contributed by atoms with Crippen LogP contribution in [0, 0.1) is 0 Å². The van der Waals surface area contributed by atoms with Gasteiger partial charge in [0.05, 0.1) is 19.1 Å². The standard InChI is InChI=1S/C16H27N5O10/c1-6(23)12(18)15(29)21-9(5-22)14(28)19-7(2-3-10(17)24)13(27)20-8(16(30)31)4-11(25)26/h6-9,12,22-23H,2-5,18H2,1H3,(H2,17,24)(H,19,28)(H,20,27)(H,21,29)(H,25,26)(H,30,31). The van der Waals surface area contributed by atoms with E-state index in [1.807, 2.05) is 5.32 Å². The number of rotatable bonds is 14. The minimum atomic E-state index is -1.82. The van der Waals surface area contributed by atoms with Crippen LogP contribution in [0.3, 0.4) is 0 Å². The number of hydrogen-bond donors (Lipinski definition) is 9. The van der Waals surface area contributed by atoms with Crippen molar-refractivity contribution in [3.8, 4) is 0 Å². The van der Waals surface area contributed by atoms with Gasteiger partial charge in [0.2, 0.25) is 23.6 Å². The summed E-state index contributed by atoms with van der Waals surface area (Å²) in [6.45, 7) is 0.295. The number of carboxylic acids is 2. The Balaban J connectivity index is 5.38. The molecule has 5 atom stereocenters. The van der Waals surface area contributed by atoms with Crippen LogP contribution >= 0.6 is 0 Å². The van der Waals surface area contributed by atoms with Crippen molar-refractivity contribution in [1.82, 2.24) is 16.0 Å². The van der Waals surface area contributed by atoms with Crippen molar-refractivity contribution in [2.24, 2.45) is 11.5 Å². The zero-order chi connectivity index (χ0) is 24.3. The smallest absolute Gasteiger partial charge is 0.326 e. The quantitative estimate of drug-likeness (QED) is 0.121. The van der Waals surface area contributed by atoms with Gasteiger partial charge in [-0.15, -0.1) is 0 Å². The summed E-state index contributed by atoms with van der Waals surface area (Å²) in [7, 11) is 0. The fraction of sp³-hybridized carbons (Fsp3) is 0.625. The molecule has 5 unspecified atom stereocenters. The van der Waals surface area contributed by atoms with Crippen LogP contribution in [-0.2, 0) is 28.8 Å². The van der Waals surface area contributed by atoms with E-state index in [0.717, 1.165) is 0 Å². The van der Waals surface area contributed by atoms with Crippen LogP contribution in [0.25, 0.3) is 0 Å². The molecule has 15 nitrogen and oxygen atoms in total. The lowest BCUT2D eigenvalue weighted by Gasteiger charge is -2.24. The van der Waals surface area contributed by atoms with E-state index in [1.165, 1.54) is 6.92 Å². The monoisotopic (exact) mass is 449 g/mol. The maximum absolute atomic E-state index is 12.4. The van der Waals surface area contributed by atoms with Crippen molar-refractivity contribution in [1.29, 1.82) is 0 Å². The van der Waals surface area contributed by atoms with Gasteiger partial charge >= 0.3 is 11.9 Å². The first-order valence-electron chi connectivity index (χ1n) is 8.98. The van der Waals surface area contributed by atoms with Gasteiger partial charge in [0.25, 0.3) is 0 Å². The Morgan fingerprint density at radius 1 is 0.871 bits per heavy atom. The van der Waals surface area contributed by atoms with Crippen LogP contribution < -0.4 is 27.4 Å². The molecule has 0 aliphatic rings. The molecule has 0 saturated carbocycles. The summed E-state index contributed by atoms with van der Waals surface area (Å²) < 4.78 is 0. The first kappa shape index (κ1) is 27.7. The zero-order valence-electron chi connectivity index (χ0n) is 16.6. The van der Waals surface area contributed by atoms with E-state index in [4.69, 9.17) is 21.7 Å². The number of primary amides is 1. The maximum Gasteiger partial charge on any atom is 0.326 e. The fourth-order valence-corrected chi connectivity index (χ4v) is 2.16. The Labute approximate surface area is 176 Å². The third-order valence-corrected chi connectivity index (χ3v) is 3.94. The molecule has 0 aromatic rings. The van der Waals surface area contributed by atoms with Crippen LogP contribution in [0.15, 0.2) is 0 Å². The Morgan fingerprint density at radius 3 is 1.77 bits per heavy atom. The van der Waals surface area contributed by atoms with Crippen molar-refractivity contribution in [2.75, 3.05) is 6.61 Å². The van der Waals surface area contributed by atoms with E-state index >= 15 is 0 Å². The number of hydrogen-bond acceptors (Lipinski definition) is 9. The van der Waals surface area contributed by atoms with Crippen LogP contribution in [0.2, 0.25) is 0 Å². The number of nitrogens with one attached hydrogen (secondary N) is 3. The number of carbonyl (C=O) groups is 6. The summed E-state index contributed by atoms with van der Waals surface area (Å²) in [6, 6.07) is -6.39. The Hall–Kier alpha value is -3.30. The minimum Gasteiger partial charge on any atom is -0.481 e. The highest BCUT2D eigenvalue weighted by molar-refractivity contribution is 5.95. The van der Waals surface area contributed by atoms with E-state index in [1.54, 1.807) is 0 Å². The Morgan fingerprint density at radius 2 is 1.35 bits per heavy atom. The number of aliphatic hydroxyl groups excluding tert-OH is 2. The molecule has 0 aromatic carbocycles. The highest BCUT2D eigenvalue weighted by Crippen LogP contribution is 2.02. The molecule has 0 aliphatic carbocycles. The van der Waals surface area contributed by atoms with Gasteiger partial charge in [-0.1, -0.05) is 0 Å². The van der Waals surface area contributed by atoms with E-state index in [9.17, 15) is 39.0 Å². The number of aliphatic carboxylic acids is 2. The zero-order valence-corrected chi connectivity index (χ0v) is 16.6. The van der Waals surface area contributed by atoms with Gasteiger partial charge in [0, 0.05) is 6.42 Å². The predicted octanol–water partition coefficient (Wildman–Crippen LogP) is -5.03. The van der Waals surface area contributed by atoms with Gasteiger partial charge in [0.1, 0.15) is 24.2 Å². The van der Waals surface area contributed by atoms with E-state index in [2.05, 4.69) is 10.6 Å². The summed E-state index contributed by atoms with van der Waals surface area (Å²) in [6.07, 6.45) is -3.01. The summed E-state index contributed by atoms with van der Waals surface area (Å²) in [5, 5.41) is 42.5. The third kappa shape index (κ3) is 10.3. The van der Waals surface area contributed by atoms with E-state index < -0.39 is 85.3 Å². The van der Waals surface area contributed by atoms with Gasteiger partial charge in [-0.25, -0.2) is 4.79 Å². The average molecular weight is 449 g/mol. The Kier molecular flexibility index (Phi) is 11.7. The summed E-state index contributed by atoms with van der Waals surface area (Å²) >= 11 is 0. The normalized spacial score (nSPS) is 15.5. The maximum atomic E-state index is 12.4. The van der Waals surface area contributed by atoms with Crippen molar-refractivity contribution in [3.63, 3.8) is 0 Å². The molecular weight excluding hydrogens is 422 g/mol. The highest BCUT2D eigenvalue weighted by Gasteiger charge is 2.31. The lowest BCUT2D eigenvalue weighted by Crippen LogP contribution is -2.59. The van der Waals surface area contributed by atoms with Crippen LogP contribution in [0.1, 0.15) is 26.2 Å². The number of nitrogens with two attached hydrogens (primary N) is 2. The van der Waals surface area contributed by atoms with Crippen molar-refractivity contribution in [3.05, 3.63) is 0 Å². The molecule has 0 aliphatic heterocycles. The first-order chi connectivity index (χ1) is 14.3. The molecule has 0 bridgehead atoms. The summed E-state index contributed by atoms with van der Waals surface area (Å²) in [5.74, 6) is -7.21. The molecule has 15 heteroatoms. The second kappa shape index (κ2) is 13.1. The highest BCUT2D eigenvalue weighted by atomic mass is 16.4. The predicted molar refractivity (Wildman–Crippen MR) is 101 cm³/mol. The fourth-order valence-electron chi connectivity index (χ4n) is 2.16. The van der Waals surface area contributed by atoms with Crippen LogP contribution in [0.4, 0.5) is 0 Å². The molecule has 0 rings (SSSR count). The number of aliphatic hydroxyl groups is 2. The summed E-state index contributed by atoms with van der Waals surface area (Å²) in [5.41, 5.74) is 10.4. The lowest BCUT2D eigenvalue weighted by atomic mass is 10.1. The van der Waals surface area contributed by atoms with Gasteiger partial charge in [0.15, 0.2) is 0 Å². The van der Waals surface area contributed by atoms with E-state index in [0.29, 0.717) is 0 Å². The van der Waals surface area contributed by atoms with Crippen LogP contribution in [0.5, 0.6) is 0 Å². The van der Waals surface area contributed by atoms with Crippen molar-refractivity contribution < 1.29 is 49.2 Å². The molecule has 0 radical (unpaired) electrons. The molecule has 0 fully saturated rings. The van der Waals surface area contributed by atoms with Gasteiger partial charge in [-0.3, -0.25) is 24.0 Å². The largest absolute Gasteiger partial charge is 0.481 e. The number of amides is 4. The second-order valence-corrected chi connectivity index (χ2v) is 6.57. The lowest BCUT2D eigenvalue weighted by molar-refractivity contribution is -0.147. The molecule has 0 heterocycles. The van der Waals surface area contributed by atoms with Gasteiger partial charge < -0.3 is 47.8 Å². The third-order valence-electron chi connectivity index (χ3n) is 3.94. The van der Waals surface area contributed by atoms with Gasteiger partial charge in [-0.2, -0.15) is 0 Å². The van der Waals surface area contributed by atoms with Gasteiger partial charge in [-0.05, 0) is 13.3 Å². The average Bonchev–Trinajstić information content (AvgIpc) is 2.66. The molecule has 0 spiro atoms. The summed E-state index contributed by atoms with van der Waals surface area (Å²) in [4.78, 5) is 69.5. The minimum absolute atomic E-state index is 0.383. The first-order valence-corrected chi connectivity index (χ1v) is 8.98. The SMILES string of the molecule is CC(O)C(N)C(=O)NC(CO)C(=O)NC(CCC(N)=O)C(=O)NC(CC(=O)O)C(=O)O. The Bertz CT molecular complexity index is 698. The van der Waals surface area contributed by atoms with Crippen LogP contribution in [-0.4, -0.2) is 92.9 Å². The molecule has 176 valence electrons. The number of carboxylic acid groups (broad SMARTS) is 2. The molecule has 0 aromatic heterocycles. The molecule has 11 N–H and O–H groups in total. The van der Waals surface area contributed by atoms with E-state index in [-0.39, 0.29) is 6.42 Å². The van der Waals surface area contributed by atoms with Crippen molar-refractivity contribution in [2.45, 2.75) is 56.5 Å². The topological polar surface area (TPSA) is 271 Å². The second-order valence-electron chi connectivity index (χ2n) is 6.57.